The number of hydrogen-bond donors (Lipinski definition) is 1. The third kappa shape index (κ3) is 3.66. The maximum absolute atomic E-state index is 11.9. The number of aryl methyl sites for hydroxylation is 1. The molecule has 0 unspecified atom stereocenters. The average molecular weight is 236 g/mol. The molecule has 4 heteroatoms. The first-order valence-corrected chi connectivity index (χ1v) is 5.53. The van der Waals surface area contributed by atoms with Crippen LogP contribution in [-0.2, 0) is 4.74 Å². The Morgan fingerprint density at radius 1 is 1.35 bits per heavy atom. The van der Waals surface area contributed by atoms with Crippen molar-refractivity contribution in [2.75, 3.05) is 17.7 Å². The number of rotatable bonds is 1. The Labute approximate surface area is 102 Å². The number of carbonyl (C=O) groups is 1. The van der Waals surface area contributed by atoms with Crippen molar-refractivity contribution in [3.8, 4) is 0 Å². The van der Waals surface area contributed by atoms with Crippen molar-refractivity contribution >= 4 is 17.5 Å². The van der Waals surface area contributed by atoms with Crippen LogP contribution in [0.25, 0.3) is 0 Å². The van der Waals surface area contributed by atoms with E-state index in [1.54, 1.807) is 13.1 Å². The minimum absolute atomic E-state index is 0.408. The molecule has 2 N–H and O–H groups in total. The number of benzene rings is 1. The van der Waals surface area contributed by atoms with E-state index in [1.807, 2.05) is 39.8 Å². The van der Waals surface area contributed by atoms with Crippen molar-refractivity contribution in [3.05, 3.63) is 23.8 Å². The Kier molecular flexibility index (Phi) is 3.66. The normalized spacial score (nSPS) is 11.1. The first-order valence-electron chi connectivity index (χ1n) is 5.53. The lowest BCUT2D eigenvalue weighted by molar-refractivity contribution is 0.0589. The summed E-state index contributed by atoms with van der Waals surface area (Å²) < 4.78 is 5.28. The highest BCUT2D eigenvalue weighted by atomic mass is 16.6. The molecular weight excluding hydrogens is 216 g/mol. The molecule has 0 radical (unpaired) electrons. The summed E-state index contributed by atoms with van der Waals surface area (Å²) >= 11 is 0. The first-order chi connectivity index (χ1) is 7.70. The summed E-state index contributed by atoms with van der Waals surface area (Å²) in [6.07, 6.45) is -0.408. The van der Waals surface area contributed by atoms with Crippen LogP contribution in [0.2, 0.25) is 0 Å². The quantitative estimate of drug-likeness (QED) is 0.763. The summed E-state index contributed by atoms with van der Waals surface area (Å²) in [6.45, 7) is 7.45. The molecule has 4 nitrogen and oxygen atoms in total. The molecule has 0 bridgehead atoms. The van der Waals surface area contributed by atoms with E-state index >= 15 is 0 Å². The number of anilines is 2. The van der Waals surface area contributed by atoms with Crippen molar-refractivity contribution in [2.24, 2.45) is 0 Å². The second-order valence-corrected chi connectivity index (χ2v) is 5.10. The summed E-state index contributed by atoms with van der Waals surface area (Å²) in [5.41, 5.74) is 7.60. The molecular formula is C13H20N2O2. The first kappa shape index (κ1) is 13.4. The summed E-state index contributed by atoms with van der Waals surface area (Å²) in [6, 6.07) is 5.55. The molecule has 1 rings (SSSR count). The van der Waals surface area contributed by atoms with Crippen molar-refractivity contribution in [1.29, 1.82) is 0 Å². The summed E-state index contributed by atoms with van der Waals surface area (Å²) in [4.78, 5) is 13.3. The monoisotopic (exact) mass is 236 g/mol. The van der Waals surface area contributed by atoms with Gasteiger partial charge in [-0.05, 0) is 45.4 Å². The summed E-state index contributed by atoms with van der Waals surface area (Å²) in [5.74, 6) is 0. The molecule has 1 amide bonds. The molecule has 0 heterocycles. The zero-order chi connectivity index (χ0) is 13.2. The Bertz CT molecular complexity index is 422. The number of ether oxygens (including phenoxy) is 1. The predicted octanol–water partition coefficient (Wildman–Crippen LogP) is 2.95. The molecule has 17 heavy (non-hydrogen) atoms. The van der Waals surface area contributed by atoms with Crippen LogP contribution in [0.3, 0.4) is 0 Å². The SMILES string of the molecule is Cc1ccc(N)c(N(C)C(=O)OC(C)(C)C)c1. The van der Waals surface area contributed by atoms with Gasteiger partial charge in [0.25, 0.3) is 0 Å². The molecule has 0 saturated heterocycles. The zero-order valence-electron chi connectivity index (χ0n) is 11.1. The van der Waals surface area contributed by atoms with Crippen LogP contribution in [0.15, 0.2) is 18.2 Å². The Hall–Kier alpha value is -1.71. The second-order valence-electron chi connectivity index (χ2n) is 5.10. The van der Waals surface area contributed by atoms with Crippen LogP contribution in [0.4, 0.5) is 16.2 Å². The molecule has 0 atom stereocenters. The summed E-state index contributed by atoms with van der Waals surface area (Å²) in [7, 11) is 1.65. The van der Waals surface area contributed by atoms with Gasteiger partial charge in [-0.3, -0.25) is 4.90 Å². The second kappa shape index (κ2) is 4.65. The fourth-order valence-corrected chi connectivity index (χ4v) is 1.37. The van der Waals surface area contributed by atoms with Crippen molar-refractivity contribution in [1.82, 2.24) is 0 Å². The smallest absolute Gasteiger partial charge is 0.414 e. The van der Waals surface area contributed by atoms with E-state index in [9.17, 15) is 4.79 Å². The minimum Gasteiger partial charge on any atom is -0.443 e. The van der Waals surface area contributed by atoms with E-state index in [1.165, 1.54) is 4.90 Å². The van der Waals surface area contributed by atoms with E-state index in [0.717, 1.165) is 5.56 Å². The van der Waals surface area contributed by atoms with Gasteiger partial charge in [-0.2, -0.15) is 0 Å². The van der Waals surface area contributed by atoms with Gasteiger partial charge >= 0.3 is 6.09 Å². The van der Waals surface area contributed by atoms with Gasteiger partial charge in [0.2, 0.25) is 0 Å². The van der Waals surface area contributed by atoms with Crippen LogP contribution in [0.5, 0.6) is 0 Å². The number of nitrogens with zero attached hydrogens (tertiary/aromatic N) is 1. The fourth-order valence-electron chi connectivity index (χ4n) is 1.37. The van der Waals surface area contributed by atoms with Crippen molar-refractivity contribution in [3.63, 3.8) is 0 Å². The van der Waals surface area contributed by atoms with Gasteiger partial charge in [0.15, 0.2) is 0 Å². The number of nitrogen functional groups attached to an aromatic ring is 1. The third-order valence-corrected chi connectivity index (χ3v) is 2.21. The van der Waals surface area contributed by atoms with Crippen molar-refractivity contribution in [2.45, 2.75) is 33.3 Å². The van der Waals surface area contributed by atoms with E-state index in [2.05, 4.69) is 0 Å². The highest BCUT2D eigenvalue weighted by molar-refractivity contribution is 5.91. The largest absolute Gasteiger partial charge is 0.443 e. The zero-order valence-corrected chi connectivity index (χ0v) is 11.1. The maximum atomic E-state index is 11.9. The van der Waals surface area contributed by atoms with Crippen LogP contribution in [0, 0.1) is 6.92 Å². The van der Waals surface area contributed by atoms with Gasteiger partial charge in [0.1, 0.15) is 5.60 Å². The van der Waals surface area contributed by atoms with Gasteiger partial charge in [-0.25, -0.2) is 4.79 Å². The lowest BCUT2D eigenvalue weighted by Gasteiger charge is -2.25. The van der Waals surface area contributed by atoms with E-state index in [0.29, 0.717) is 11.4 Å². The number of amides is 1. The topological polar surface area (TPSA) is 55.6 Å². The molecule has 0 aliphatic heterocycles. The molecule has 0 aliphatic rings. The molecule has 1 aromatic carbocycles. The molecule has 1 aromatic rings. The maximum Gasteiger partial charge on any atom is 0.414 e. The molecule has 0 fully saturated rings. The van der Waals surface area contributed by atoms with Crippen LogP contribution >= 0.6 is 0 Å². The van der Waals surface area contributed by atoms with Crippen molar-refractivity contribution < 1.29 is 9.53 Å². The van der Waals surface area contributed by atoms with E-state index in [4.69, 9.17) is 10.5 Å². The highest BCUT2D eigenvalue weighted by Crippen LogP contribution is 2.24. The van der Waals surface area contributed by atoms with Gasteiger partial charge in [0, 0.05) is 7.05 Å². The minimum atomic E-state index is -0.510. The van der Waals surface area contributed by atoms with Crippen LogP contribution in [0.1, 0.15) is 26.3 Å². The van der Waals surface area contributed by atoms with Crippen LogP contribution in [-0.4, -0.2) is 18.7 Å². The molecule has 0 aliphatic carbocycles. The third-order valence-electron chi connectivity index (χ3n) is 2.21. The van der Waals surface area contributed by atoms with Gasteiger partial charge < -0.3 is 10.5 Å². The molecule has 0 saturated carbocycles. The molecule has 94 valence electrons. The highest BCUT2D eigenvalue weighted by Gasteiger charge is 2.21. The van der Waals surface area contributed by atoms with Gasteiger partial charge in [-0.15, -0.1) is 0 Å². The van der Waals surface area contributed by atoms with Crippen LogP contribution < -0.4 is 10.6 Å². The number of nitrogens with two attached hydrogens (primary N) is 1. The average Bonchev–Trinajstić information content (AvgIpc) is 2.18. The molecule has 0 aromatic heterocycles. The van der Waals surface area contributed by atoms with Gasteiger partial charge in [-0.1, -0.05) is 6.07 Å². The Morgan fingerprint density at radius 2 is 1.94 bits per heavy atom. The van der Waals surface area contributed by atoms with E-state index < -0.39 is 11.7 Å². The standard InChI is InChI=1S/C13H20N2O2/c1-9-6-7-10(14)11(8-9)15(5)12(16)17-13(2,3)4/h6-8H,14H2,1-5H3. The lowest BCUT2D eigenvalue weighted by Crippen LogP contribution is -2.34. The van der Waals surface area contributed by atoms with Gasteiger partial charge in [0.05, 0.1) is 11.4 Å². The predicted molar refractivity (Wildman–Crippen MR) is 70.2 cm³/mol. The summed E-state index contributed by atoms with van der Waals surface area (Å²) in [5, 5.41) is 0. The lowest BCUT2D eigenvalue weighted by atomic mass is 10.2. The number of carbonyl (C=O) groups excluding carboxylic acids is 1. The molecule has 0 spiro atoms. The Morgan fingerprint density at radius 3 is 2.47 bits per heavy atom. The Balaban J connectivity index is 2.92. The number of hydrogen-bond acceptors (Lipinski definition) is 3. The fraction of sp³-hybridized carbons (Fsp3) is 0.462. The van der Waals surface area contributed by atoms with E-state index in [-0.39, 0.29) is 0 Å².